The number of anilines is 1. The summed E-state index contributed by atoms with van der Waals surface area (Å²) in [4.78, 5) is 53.1. The number of ketones is 2. The van der Waals surface area contributed by atoms with E-state index in [1.54, 1.807) is 27.7 Å². The largest absolute Gasteiger partial charge is 0.507 e. The summed E-state index contributed by atoms with van der Waals surface area (Å²) in [5, 5.41) is 62.6. The molecule has 9 N–H and O–H groups in total. The van der Waals surface area contributed by atoms with Crippen molar-refractivity contribution in [2.45, 2.75) is 75.3 Å². The molecule has 3 aliphatic rings. The number of aromatic hydroxyl groups is 1. The highest BCUT2D eigenvalue weighted by Gasteiger charge is 2.71. The molecule has 4 rings (SSSR count). The topological polar surface area (TPSA) is 223 Å². The van der Waals surface area contributed by atoms with E-state index in [2.05, 4.69) is 10.6 Å². The van der Waals surface area contributed by atoms with E-state index in [0.717, 1.165) is 0 Å². The minimum absolute atomic E-state index is 0.0679. The van der Waals surface area contributed by atoms with Gasteiger partial charge in [0.05, 0.1) is 29.4 Å². The van der Waals surface area contributed by atoms with Gasteiger partial charge in [0.25, 0.3) is 0 Å². The van der Waals surface area contributed by atoms with Gasteiger partial charge in [0.15, 0.2) is 11.4 Å². The van der Waals surface area contributed by atoms with E-state index in [9.17, 15) is 44.7 Å². The van der Waals surface area contributed by atoms with Gasteiger partial charge in [-0.05, 0) is 52.4 Å². The molecular formula is C28H38N4O9. The number of likely N-dealkylation sites (N-methyl/N-ethyl adjacent to an activating group) is 1. The molecule has 3 amide bonds. The van der Waals surface area contributed by atoms with Gasteiger partial charge in [0.1, 0.15) is 11.5 Å². The van der Waals surface area contributed by atoms with Gasteiger partial charge in [-0.2, -0.15) is 0 Å². The number of urea groups is 1. The molecule has 41 heavy (non-hydrogen) atoms. The first-order chi connectivity index (χ1) is 18.8. The first-order valence-electron chi connectivity index (χ1n) is 13.3. The normalized spacial score (nSPS) is 33.2. The van der Waals surface area contributed by atoms with Gasteiger partial charge in [-0.15, -0.1) is 0 Å². The van der Waals surface area contributed by atoms with Crippen molar-refractivity contribution in [3.63, 3.8) is 0 Å². The lowest BCUT2D eigenvalue weighted by atomic mass is 9.51. The number of amides is 3. The summed E-state index contributed by atoms with van der Waals surface area (Å²) in [6, 6.07) is 1.05. The lowest BCUT2D eigenvalue weighted by Crippen LogP contribution is -2.76. The predicted octanol–water partition coefficient (Wildman–Crippen LogP) is 0.115. The molecule has 0 saturated heterocycles. The molecule has 3 aliphatic carbocycles. The number of aliphatic hydroxyl groups is 4. The van der Waals surface area contributed by atoms with E-state index in [4.69, 9.17) is 5.73 Å². The fourth-order valence-corrected chi connectivity index (χ4v) is 6.97. The summed E-state index contributed by atoms with van der Waals surface area (Å²) in [6.07, 6.45) is -3.12. The zero-order valence-corrected chi connectivity index (χ0v) is 23.8. The van der Waals surface area contributed by atoms with Crippen LogP contribution in [0.5, 0.6) is 5.75 Å². The Bertz CT molecular complexity index is 1370. The number of phenols is 1. The van der Waals surface area contributed by atoms with E-state index in [0.29, 0.717) is 5.56 Å². The van der Waals surface area contributed by atoms with Crippen LogP contribution in [0, 0.1) is 11.8 Å². The summed E-state index contributed by atoms with van der Waals surface area (Å²) in [7, 11) is 3.02. The van der Waals surface area contributed by atoms with E-state index in [-0.39, 0.29) is 11.3 Å². The van der Waals surface area contributed by atoms with Crippen molar-refractivity contribution in [2.75, 3.05) is 19.4 Å². The second kappa shape index (κ2) is 9.79. The molecule has 1 aromatic rings. The second-order valence-electron chi connectivity index (χ2n) is 12.7. The molecule has 0 aliphatic heterocycles. The molecule has 0 heterocycles. The molecule has 2 saturated carbocycles. The van der Waals surface area contributed by atoms with Crippen LogP contribution in [0.25, 0.3) is 5.76 Å². The van der Waals surface area contributed by atoms with Crippen LogP contribution in [-0.4, -0.2) is 96.9 Å². The van der Waals surface area contributed by atoms with Crippen molar-refractivity contribution >= 4 is 35.0 Å². The number of Topliss-reactive ketones (excluding diaryl/α,β-unsaturated/α-hetero) is 2. The average Bonchev–Trinajstić information content (AvgIpc) is 2.80. The van der Waals surface area contributed by atoms with Crippen LogP contribution in [0.2, 0.25) is 0 Å². The molecule has 0 radical (unpaired) electrons. The van der Waals surface area contributed by atoms with Crippen LogP contribution in [0.3, 0.4) is 0 Å². The highest BCUT2D eigenvalue weighted by atomic mass is 16.3. The number of fused-ring (bicyclic) bond motifs is 3. The minimum atomic E-state index is -2.85. The number of nitrogens with zero attached hydrogens (tertiary/aromatic N) is 1. The molecule has 13 nitrogen and oxygen atoms in total. The maximum absolute atomic E-state index is 14.0. The Balaban J connectivity index is 1.87. The fourth-order valence-electron chi connectivity index (χ4n) is 6.97. The monoisotopic (exact) mass is 574 g/mol. The second-order valence-corrected chi connectivity index (χ2v) is 12.7. The highest BCUT2D eigenvalue weighted by molar-refractivity contribution is 6.22. The Morgan fingerprint density at radius 1 is 1.15 bits per heavy atom. The number of carbonyl (C=O) groups is 4. The number of hydrogen-bond acceptors (Lipinski definition) is 10. The maximum atomic E-state index is 14.0. The van der Waals surface area contributed by atoms with Crippen molar-refractivity contribution in [1.82, 2.24) is 10.2 Å². The number of primary amides is 1. The number of aliphatic hydroxyl groups excluding tert-OH is 2. The van der Waals surface area contributed by atoms with Crippen molar-refractivity contribution in [1.29, 1.82) is 0 Å². The number of nitrogens with one attached hydrogen (secondary N) is 2. The van der Waals surface area contributed by atoms with Crippen LogP contribution in [0.1, 0.15) is 57.6 Å². The summed E-state index contributed by atoms with van der Waals surface area (Å²) >= 11 is 0. The van der Waals surface area contributed by atoms with Gasteiger partial charge < -0.3 is 46.8 Å². The number of nitrogens with two attached hydrogens (primary N) is 1. The summed E-state index contributed by atoms with van der Waals surface area (Å²) in [6.45, 7) is 6.92. The fraction of sp³-hybridized carbons (Fsp3) is 0.571. The van der Waals surface area contributed by atoms with Crippen molar-refractivity contribution < 1.29 is 44.7 Å². The first-order valence-corrected chi connectivity index (χ1v) is 13.3. The Hall–Kier alpha value is -3.52. The van der Waals surface area contributed by atoms with Crippen molar-refractivity contribution in [2.24, 2.45) is 17.6 Å². The zero-order chi connectivity index (χ0) is 31.0. The molecule has 0 spiro atoms. The van der Waals surface area contributed by atoms with Crippen molar-refractivity contribution in [3.05, 3.63) is 28.8 Å². The lowest BCUT2D eigenvalue weighted by Gasteiger charge is -2.58. The van der Waals surface area contributed by atoms with Gasteiger partial charge in [-0.25, -0.2) is 4.79 Å². The molecule has 1 unspecified atom stereocenters. The minimum Gasteiger partial charge on any atom is -0.507 e. The van der Waals surface area contributed by atoms with Crippen LogP contribution in [0.15, 0.2) is 17.7 Å². The van der Waals surface area contributed by atoms with Crippen molar-refractivity contribution in [3.8, 4) is 5.75 Å². The third-order valence-corrected chi connectivity index (χ3v) is 8.43. The third kappa shape index (κ3) is 4.66. The molecule has 13 heteroatoms. The molecule has 1 aromatic carbocycles. The van der Waals surface area contributed by atoms with E-state index in [1.165, 1.54) is 31.1 Å². The number of hydrogen-bond donors (Lipinski definition) is 8. The smallest absolute Gasteiger partial charge is 0.319 e. The van der Waals surface area contributed by atoms with Crippen LogP contribution in [-0.2, 0) is 14.4 Å². The Labute approximate surface area is 237 Å². The average molecular weight is 575 g/mol. The zero-order valence-electron chi connectivity index (χ0n) is 23.8. The van der Waals surface area contributed by atoms with E-state index in [1.807, 2.05) is 0 Å². The molecule has 224 valence electrons. The molecule has 0 aromatic heterocycles. The van der Waals surface area contributed by atoms with E-state index < -0.39 is 100 Å². The number of rotatable bonds is 4. The summed E-state index contributed by atoms with van der Waals surface area (Å²) in [5.74, 6) is -8.00. The number of carbonyl (C=O) groups excluding carboxylic acids is 4. The van der Waals surface area contributed by atoms with Gasteiger partial charge in [-0.1, -0.05) is 13.0 Å². The lowest BCUT2D eigenvalue weighted by molar-refractivity contribution is -0.206. The van der Waals surface area contributed by atoms with Gasteiger partial charge in [0, 0.05) is 35.4 Å². The van der Waals surface area contributed by atoms with Gasteiger partial charge >= 0.3 is 6.03 Å². The predicted molar refractivity (Wildman–Crippen MR) is 147 cm³/mol. The Morgan fingerprint density at radius 3 is 2.29 bits per heavy atom. The molecule has 2 fully saturated rings. The maximum Gasteiger partial charge on any atom is 0.319 e. The molecule has 7 atom stereocenters. The number of phenolic OH excluding ortho intramolecular Hbond substituents is 1. The standard InChI is InChI=1S/C28H38N4O9/c1-11-12-7-8-13(30-25(39)31-26(2,3)4)20(35)17(12)21(36)18-16(11)22(37)19-23(32(5)6)27(40,10-15(29)34)9-14(33)28(19,41)24(18)38/h7-8,11,16,19,22-23,35-37,40-41H,9-10H2,1-6H3,(H2,29,34)(H2,30,31,39)/t11-,16+,19-,22-,23-,27?,28-/m0/s1. The Kier molecular flexibility index (Phi) is 7.27. The first kappa shape index (κ1) is 30.4. The third-order valence-electron chi connectivity index (χ3n) is 8.43. The molecule has 0 bridgehead atoms. The summed E-state index contributed by atoms with van der Waals surface area (Å²) in [5.41, 5.74) is -0.541. The SMILES string of the molecule is C[C@H]1c2ccc(NC(=O)NC(C)(C)C)c(O)c2C(O)=C2C(=O)[C@]3(O)C(=O)CC(O)(CC(N)=O)[C@@H](N(C)C)[C@@H]3[C@@H](O)[C@@H]21. The van der Waals surface area contributed by atoms with Crippen LogP contribution < -0.4 is 16.4 Å². The quantitative estimate of drug-likeness (QED) is 0.179. The van der Waals surface area contributed by atoms with Crippen LogP contribution in [0.4, 0.5) is 10.5 Å². The van der Waals surface area contributed by atoms with Gasteiger partial charge in [0.2, 0.25) is 11.7 Å². The van der Waals surface area contributed by atoms with Crippen LogP contribution >= 0.6 is 0 Å². The number of benzene rings is 1. The molecular weight excluding hydrogens is 536 g/mol. The highest BCUT2D eigenvalue weighted by Crippen LogP contribution is 2.57. The summed E-state index contributed by atoms with van der Waals surface area (Å²) < 4.78 is 0. The van der Waals surface area contributed by atoms with E-state index >= 15 is 0 Å². The Morgan fingerprint density at radius 2 is 1.76 bits per heavy atom. The van der Waals surface area contributed by atoms with Gasteiger partial charge in [-0.3, -0.25) is 14.4 Å².